The SMILES string of the molecule is CCOc1cc(C(O)C(F)(F)F)cc(Br)c1OC. The predicted molar refractivity (Wildman–Crippen MR) is 62.9 cm³/mol. The second kappa shape index (κ2) is 5.79. The summed E-state index contributed by atoms with van der Waals surface area (Å²) in [5.41, 5.74) is -0.307. The van der Waals surface area contributed by atoms with Gasteiger partial charge in [-0.3, -0.25) is 0 Å². The van der Waals surface area contributed by atoms with E-state index in [0.717, 1.165) is 12.1 Å². The molecule has 1 unspecified atom stereocenters. The number of aliphatic hydroxyl groups excluding tert-OH is 1. The zero-order valence-electron chi connectivity index (χ0n) is 9.71. The third-order valence-electron chi connectivity index (χ3n) is 2.16. The fourth-order valence-corrected chi connectivity index (χ4v) is 2.02. The Labute approximate surface area is 111 Å². The molecule has 7 heteroatoms. The molecule has 1 aromatic carbocycles. The summed E-state index contributed by atoms with van der Waals surface area (Å²) in [5.74, 6) is 0.433. The van der Waals surface area contributed by atoms with Crippen molar-refractivity contribution in [2.45, 2.75) is 19.2 Å². The van der Waals surface area contributed by atoms with Gasteiger partial charge in [-0.25, -0.2) is 0 Å². The van der Waals surface area contributed by atoms with Crippen molar-refractivity contribution in [2.24, 2.45) is 0 Å². The second-order valence-corrected chi connectivity index (χ2v) is 4.27. The van der Waals surface area contributed by atoms with Crippen LogP contribution in [0, 0.1) is 0 Å². The molecule has 0 bridgehead atoms. The first-order valence-corrected chi connectivity index (χ1v) is 5.85. The number of aliphatic hydroxyl groups is 1. The molecule has 0 saturated carbocycles. The van der Waals surface area contributed by atoms with E-state index in [2.05, 4.69) is 15.9 Å². The fraction of sp³-hybridized carbons (Fsp3) is 0.455. The Morgan fingerprint density at radius 1 is 1.39 bits per heavy atom. The van der Waals surface area contributed by atoms with E-state index in [9.17, 15) is 18.3 Å². The fourth-order valence-electron chi connectivity index (χ4n) is 1.40. The number of alkyl halides is 3. The molecule has 0 radical (unpaired) electrons. The van der Waals surface area contributed by atoms with Gasteiger partial charge in [-0.15, -0.1) is 0 Å². The number of benzene rings is 1. The molecule has 102 valence electrons. The van der Waals surface area contributed by atoms with Crippen LogP contribution < -0.4 is 9.47 Å². The van der Waals surface area contributed by atoms with Crippen molar-refractivity contribution in [2.75, 3.05) is 13.7 Å². The Balaban J connectivity index is 3.24. The van der Waals surface area contributed by atoms with Crippen LogP contribution in [0.15, 0.2) is 16.6 Å². The summed E-state index contributed by atoms with van der Waals surface area (Å²) in [7, 11) is 1.38. The van der Waals surface area contributed by atoms with E-state index in [1.54, 1.807) is 6.92 Å². The standard InChI is InChI=1S/C11H12BrF3O3/c1-3-18-8-5-6(10(16)11(13,14)15)4-7(12)9(8)17-2/h4-5,10,16H,3H2,1-2H3. The van der Waals surface area contributed by atoms with Gasteiger partial charge in [0.1, 0.15) is 0 Å². The summed E-state index contributed by atoms with van der Waals surface area (Å²) >= 11 is 3.08. The van der Waals surface area contributed by atoms with Gasteiger partial charge in [0.25, 0.3) is 0 Å². The number of hydrogen-bond acceptors (Lipinski definition) is 3. The van der Waals surface area contributed by atoms with Crippen molar-refractivity contribution in [3.63, 3.8) is 0 Å². The Kier molecular flexibility index (Phi) is 4.86. The molecule has 0 aliphatic carbocycles. The third kappa shape index (κ3) is 3.29. The summed E-state index contributed by atoms with van der Waals surface area (Å²) in [6.07, 6.45) is -7.28. The minimum absolute atomic E-state index is 0.146. The Morgan fingerprint density at radius 2 is 2.00 bits per heavy atom. The molecule has 1 atom stereocenters. The van der Waals surface area contributed by atoms with Crippen molar-refractivity contribution < 1.29 is 27.8 Å². The lowest BCUT2D eigenvalue weighted by Gasteiger charge is -2.18. The summed E-state index contributed by atoms with van der Waals surface area (Å²) < 4.78 is 47.8. The van der Waals surface area contributed by atoms with Gasteiger partial charge >= 0.3 is 6.18 Å². The average Bonchev–Trinajstić information content (AvgIpc) is 2.26. The second-order valence-electron chi connectivity index (χ2n) is 3.41. The van der Waals surface area contributed by atoms with E-state index in [0.29, 0.717) is 0 Å². The van der Waals surface area contributed by atoms with Gasteiger partial charge in [-0.05, 0) is 40.5 Å². The maximum absolute atomic E-state index is 12.4. The van der Waals surface area contributed by atoms with Crippen molar-refractivity contribution in [3.05, 3.63) is 22.2 Å². The highest BCUT2D eigenvalue weighted by atomic mass is 79.9. The number of halogens is 4. The van der Waals surface area contributed by atoms with Crippen LogP contribution in [0.5, 0.6) is 11.5 Å². The molecule has 0 spiro atoms. The maximum atomic E-state index is 12.4. The molecule has 18 heavy (non-hydrogen) atoms. The zero-order valence-corrected chi connectivity index (χ0v) is 11.3. The van der Waals surface area contributed by atoms with Crippen molar-refractivity contribution >= 4 is 15.9 Å². The Bertz CT molecular complexity index is 421. The maximum Gasteiger partial charge on any atom is 0.418 e. The predicted octanol–water partition coefficient (Wildman–Crippen LogP) is 3.45. The van der Waals surface area contributed by atoms with E-state index in [-0.39, 0.29) is 28.1 Å². The lowest BCUT2D eigenvalue weighted by Crippen LogP contribution is -2.20. The molecule has 1 aromatic rings. The highest BCUT2D eigenvalue weighted by Crippen LogP contribution is 2.41. The highest BCUT2D eigenvalue weighted by molar-refractivity contribution is 9.10. The van der Waals surface area contributed by atoms with Gasteiger partial charge in [0.15, 0.2) is 17.6 Å². The molecule has 0 aliphatic heterocycles. The number of methoxy groups -OCH3 is 1. The third-order valence-corrected chi connectivity index (χ3v) is 2.75. The normalized spacial score (nSPS) is 13.3. The van der Waals surface area contributed by atoms with Crippen LogP contribution in [-0.4, -0.2) is 25.0 Å². The molecular weight excluding hydrogens is 317 g/mol. The Hall–Kier alpha value is -0.950. The zero-order chi connectivity index (χ0) is 13.9. The molecule has 0 aliphatic rings. The van der Waals surface area contributed by atoms with E-state index in [4.69, 9.17) is 9.47 Å². The summed E-state index contributed by atoms with van der Waals surface area (Å²) in [5, 5.41) is 9.20. The van der Waals surface area contributed by atoms with Gasteiger partial charge < -0.3 is 14.6 Å². The van der Waals surface area contributed by atoms with E-state index >= 15 is 0 Å². The van der Waals surface area contributed by atoms with Gasteiger partial charge in [0, 0.05) is 0 Å². The molecule has 0 fully saturated rings. The molecule has 1 rings (SSSR count). The van der Waals surface area contributed by atoms with Gasteiger partial charge in [0.2, 0.25) is 0 Å². The highest BCUT2D eigenvalue weighted by Gasteiger charge is 2.40. The van der Waals surface area contributed by atoms with E-state index in [1.165, 1.54) is 7.11 Å². The smallest absolute Gasteiger partial charge is 0.418 e. The van der Waals surface area contributed by atoms with E-state index in [1.807, 2.05) is 0 Å². The average molecular weight is 329 g/mol. The molecule has 1 N–H and O–H groups in total. The minimum atomic E-state index is -4.72. The van der Waals surface area contributed by atoms with Gasteiger partial charge in [-0.1, -0.05) is 0 Å². The summed E-state index contributed by atoms with van der Waals surface area (Å²) in [6.45, 7) is 1.97. The molecule has 3 nitrogen and oxygen atoms in total. The van der Waals surface area contributed by atoms with Crippen LogP contribution in [0.3, 0.4) is 0 Å². The molecule has 0 aromatic heterocycles. The van der Waals surface area contributed by atoms with Gasteiger partial charge in [0.05, 0.1) is 18.2 Å². The van der Waals surface area contributed by atoms with Crippen LogP contribution >= 0.6 is 15.9 Å². The monoisotopic (exact) mass is 328 g/mol. The van der Waals surface area contributed by atoms with Crippen LogP contribution in [0.25, 0.3) is 0 Å². The lowest BCUT2D eigenvalue weighted by molar-refractivity contribution is -0.206. The molecule has 0 amide bonds. The molecular formula is C11H12BrF3O3. The topological polar surface area (TPSA) is 38.7 Å². The van der Waals surface area contributed by atoms with Crippen molar-refractivity contribution in [1.29, 1.82) is 0 Å². The van der Waals surface area contributed by atoms with Gasteiger partial charge in [-0.2, -0.15) is 13.2 Å². The largest absolute Gasteiger partial charge is 0.492 e. The van der Waals surface area contributed by atoms with Crippen LogP contribution in [0.2, 0.25) is 0 Å². The molecule has 0 heterocycles. The molecule has 0 saturated heterocycles. The van der Waals surface area contributed by atoms with Crippen molar-refractivity contribution in [3.8, 4) is 11.5 Å². The first-order valence-electron chi connectivity index (χ1n) is 5.06. The minimum Gasteiger partial charge on any atom is -0.492 e. The number of ether oxygens (including phenoxy) is 2. The summed E-state index contributed by atoms with van der Waals surface area (Å²) in [4.78, 5) is 0. The van der Waals surface area contributed by atoms with E-state index < -0.39 is 12.3 Å². The van der Waals surface area contributed by atoms with Crippen molar-refractivity contribution in [1.82, 2.24) is 0 Å². The van der Waals surface area contributed by atoms with Crippen LogP contribution in [-0.2, 0) is 0 Å². The lowest BCUT2D eigenvalue weighted by atomic mass is 10.1. The Morgan fingerprint density at radius 3 is 2.44 bits per heavy atom. The van der Waals surface area contributed by atoms with Crippen LogP contribution in [0.4, 0.5) is 13.2 Å². The number of rotatable bonds is 4. The first-order chi connectivity index (χ1) is 8.31. The van der Waals surface area contributed by atoms with Crippen LogP contribution in [0.1, 0.15) is 18.6 Å². The quantitative estimate of drug-likeness (QED) is 0.920. The first kappa shape index (κ1) is 15.1. The summed E-state index contributed by atoms with van der Waals surface area (Å²) in [6, 6.07) is 2.27. The number of hydrogen-bond donors (Lipinski definition) is 1.